The van der Waals surface area contributed by atoms with Crippen LogP contribution in [0, 0.1) is 0 Å². The van der Waals surface area contributed by atoms with Gasteiger partial charge in [-0.25, -0.2) is 9.78 Å². The molecule has 0 radical (unpaired) electrons. The van der Waals surface area contributed by atoms with Gasteiger partial charge in [-0.3, -0.25) is 18.8 Å². The van der Waals surface area contributed by atoms with Crippen molar-refractivity contribution in [2.24, 2.45) is 14.1 Å². The predicted octanol–water partition coefficient (Wildman–Crippen LogP) is 0.256. The number of anilines is 1. The highest BCUT2D eigenvalue weighted by molar-refractivity contribution is 5.69. The molecule has 1 saturated heterocycles. The van der Waals surface area contributed by atoms with Gasteiger partial charge in [-0.1, -0.05) is 18.2 Å². The minimum absolute atomic E-state index is 0.292. The summed E-state index contributed by atoms with van der Waals surface area (Å²) >= 11 is 0. The third kappa shape index (κ3) is 3.16. The van der Waals surface area contributed by atoms with Crippen LogP contribution in [0.4, 0.5) is 5.69 Å². The van der Waals surface area contributed by atoms with Gasteiger partial charge in [0.05, 0.1) is 6.33 Å². The van der Waals surface area contributed by atoms with Crippen LogP contribution in [0.25, 0.3) is 11.2 Å². The predicted molar refractivity (Wildman–Crippen MR) is 105 cm³/mol. The fraction of sp³-hybridized carbons (Fsp3) is 0.421. The van der Waals surface area contributed by atoms with Gasteiger partial charge in [0.25, 0.3) is 5.56 Å². The highest BCUT2D eigenvalue weighted by Gasteiger charge is 2.18. The first kappa shape index (κ1) is 17.5. The topological polar surface area (TPSA) is 68.3 Å². The molecular formula is C19H24N6O2. The van der Waals surface area contributed by atoms with E-state index in [0.717, 1.165) is 37.3 Å². The Bertz CT molecular complexity index is 1060. The first-order valence-electron chi connectivity index (χ1n) is 9.19. The summed E-state index contributed by atoms with van der Waals surface area (Å²) < 4.78 is 4.42. The van der Waals surface area contributed by atoms with Gasteiger partial charge in [0.2, 0.25) is 0 Å². The third-order valence-electron chi connectivity index (χ3n) is 5.37. The van der Waals surface area contributed by atoms with E-state index in [0.29, 0.717) is 17.7 Å². The number of hydrogen-bond acceptors (Lipinski definition) is 5. The van der Waals surface area contributed by atoms with Crippen molar-refractivity contribution in [1.82, 2.24) is 23.6 Å². The molecule has 4 rings (SSSR count). The number of benzene rings is 1. The zero-order valence-electron chi connectivity index (χ0n) is 15.7. The first-order valence-corrected chi connectivity index (χ1v) is 9.19. The highest BCUT2D eigenvalue weighted by atomic mass is 16.2. The number of imidazole rings is 1. The van der Waals surface area contributed by atoms with Crippen LogP contribution in [0.2, 0.25) is 0 Å². The molecule has 0 spiro atoms. The molecule has 0 saturated carbocycles. The zero-order valence-corrected chi connectivity index (χ0v) is 15.7. The van der Waals surface area contributed by atoms with Crippen molar-refractivity contribution in [3.8, 4) is 0 Å². The van der Waals surface area contributed by atoms with Crippen molar-refractivity contribution >= 4 is 16.9 Å². The number of aromatic nitrogens is 4. The minimum atomic E-state index is -0.352. The fourth-order valence-corrected chi connectivity index (χ4v) is 3.68. The van der Waals surface area contributed by atoms with E-state index in [1.807, 2.05) is 10.6 Å². The van der Waals surface area contributed by atoms with Crippen LogP contribution in [0.1, 0.15) is 0 Å². The quantitative estimate of drug-likeness (QED) is 0.661. The standard InChI is InChI=1S/C19H24N6O2/c1-21-17-16(18(26)22(2)19(21)27)25(14-20-17)13-10-23-8-11-24(12-9-23)15-6-4-3-5-7-15/h3-7,14H,8-13H2,1-2H3. The molecule has 1 fully saturated rings. The molecule has 0 amide bonds. The summed E-state index contributed by atoms with van der Waals surface area (Å²) in [6, 6.07) is 10.5. The van der Waals surface area contributed by atoms with Crippen LogP contribution in [-0.4, -0.2) is 56.3 Å². The number of rotatable bonds is 4. The number of aryl methyl sites for hydroxylation is 1. The molecule has 8 heteroatoms. The Morgan fingerprint density at radius 3 is 2.33 bits per heavy atom. The van der Waals surface area contributed by atoms with Crippen LogP contribution in [0.3, 0.4) is 0 Å². The molecular weight excluding hydrogens is 344 g/mol. The molecule has 27 heavy (non-hydrogen) atoms. The molecule has 0 atom stereocenters. The van der Waals surface area contributed by atoms with E-state index in [1.54, 1.807) is 13.4 Å². The maximum Gasteiger partial charge on any atom is 0.332 e. The van der Waals surface area contributed by atoms with Crippen molar-refractivity contribution in [2.75, 3.05) is 37.6 Å². The molecule has 1 aromatic carbocycles. The summed E-state index contributed by atoms with van der Waals surface area (Å²) in [6.45, 7) is 5.47. The normalized spacial score (nSPS) is 15.6. The van der Waals surface area contributed by atoms with Crippen LogP contribution in [0.15, 0.2) is 46.2 Å². The van der Waals surface area contributed by atoms with Crippen LogP contribution >= 0.6 is 0 Å². The Morgan fingerprint density at radius 2 is 1.63 bits per heavy atom. The van der Waals surface area contributed by atoms with Gasteiger partial charge < -0.3 is 9.47 Å². The van der Waals surface area contributed by atoms with E-state index in [4.69, 9.17) is 0 Å². The van der Waals surface area contributed by atoms with E-state index in [-0.39, 0.29) is 11.2 Å². The Hall–Kier alpha value is -2.87. The summed E-state index contributed by atoms with van der Waals surface area (Å²) in [7, 11) is 3.15. The van der Waals surface area contributed by atoms with Gasteiger partial charge in [-0.2, -0.15) is 0 Å². The molecule has 1 aliphatic heterocycles. The molecule has 3 aromatic rings. The maximum atomic E-state index is 12.5. The number of hydrogen-bond donors (Lipinski definition) is 0. The van der Waals surface area contributed by atoms with Gasteiger partial charge in [0.1, 0.15) is 0 Å². The summed E-state index contributed by atoms with van der Waals surface area (Å²) in [6.07, 6.45) is 1.66. The molecule has 0 aliphatic carbocycles. The average molecular weight is 368 g/mol. The van der Waals surface area contributed by atoms with E-state index in [9.17, 15) is 9.59 Å². The summed E-state index contributed by atoms with van der Waals surface area (Å²) in [5.41, 5.74) is 1.55. The Labute approximate surface area is 156 Å². The molecule has 1 aliphatic rings. The van der Waals surface area contributed by atoms with Gasteiger partial charge in [0.15, 0.2) is 11.2 Å². The molecule has 0 N–H and O–H groups in total. The van der Waals surface area contributed by atoms with Crippen LogP contribution in [-0.2, 0) is 20.6 Å². The maximum absolute atomic E-state index is 12.5. The second-order valence-electron chi connectivity index (χ2n) is 6.98. The largest absolute Gasteiger partial charge is 0.369 e. The number of piperazine rings is 1. The molecule has 3 heterocycles. The lowest BCUT2D eigenvalue weighted by Gasteiger charge is -2.36. The third-order valence-corrected chi connectivity index (χ3v) is 5.37. The Kier molecular flexibility index (Phi) is 4.57. The van der Waals surface area contributed by atoms with Gasteiger partial charge >= 0.3 is 5.69 Å². The average Bonchev–Trinajstić information content (AvgIpc) is 3.14. The second-order valence-corrected chi connectivity index (χ2v) is 6.98. The molecule has 8 nitrogen and oxygen atoms in total. The van der Waals surface area contributed by atoms with Crippen LogP contribution < -0.4 is 16.1 Å². The Balaban J connectivity index is 1.45. The van der Waals surface area contributed by atoms with E-state index in [1.165, 1.54) is 17.3 Å². The van der Waals surface area contributed by atoms with E-state index in [2.05, 4.69) is 39.0 Å². The second kappa shape index (κ2) is 7.03. The number of fused-ring (bicyclic) bond motifs is 1. The van der Waals surface area contributed by atoms with Crippen molar-refractivity contribution in [3.05, 3.63) is 57.5 Å². The SMILES string of the molecule is Cn1c(=O)c2c(ncn2CCN2CCN(c3ccccc3)CC2)n(C)c1=O. The first-order chi connectivity index (χ1) is 13.1. The monoisotopic (exact) mass is 368 g/mol. The molecule has 0 unspecified atom stereocenters. The van der Waals surface area contributed by atoms with Gasteiger partial charge in [0, 0.05) is 59.1 Å². The number of para-hydroxylation sites is 1. The van der Waals surface area contributed by atoms with Crippen LogP contribution in [0.5, 0.6) is 0 Å². The van der Waals surface area contributed by atoms with Gasteiger partial charge in [-0.05, 0) is 12.1 Å². The Morgan fingerprint density at radius 1 is 0.926 bits per heavy atom. The van der Waals surface area contributed by atoms with Crippen molar-refractivity contribution in [2.45, 2.75) is 6.54 Å². The van der Waals surface area contributed by atoms with E-state index < -0.39 is 0 Å². The van der Waals surface area contributed by atoms with Crippen molar-refractivity contribution < 1.29 is 0 Å². The smallest absolute Gasteiger partial charge is 0.332 e. The molecule has 142 valence electrons. The van der Waals surface area contributed by atoms with E-state index >= 15 is 0 Å². The van der Waals surface area contributed by atoms with Crippen molar-refractivity contribution in [3.63, 3.8) is 0 Å². The van der Waals surface area contributed by atoms with Gasteiger partial charge in [-0.15, -0.1) is 0 Å². The summed E-state index contributed by atoms with van der Waals surface area (Å²) in [4.78, 5) is 33.6. The van der Waals surface area contributed by atoms with Crippen molar-refractivity contribution in [1.29, 1.82) is 0 Å². The highest BCUT2D eigenvalue weighted by Crippen LogP contribution is 2.15. The molecule has 0 bridgehead atoms. The molecule has 2 aromatic heterocycles. The fourth-order valence-electron chi connectivity index (χ4n) is 3.68. The minimum Gasteiger partial charge on any atom is -0.369 e. The summed E-state index contributed by atoms with van der Waals surface area (Å²) in [5.74, 6) is 0. The lowest BCUT2D eigenvalue weighted by Crippen LogP contribution is -2.47. The zero-order chi connectivity index (χ0) is 19.0. The number of nitrogens with zero attached hydrogens (tertiary/aromatic N) is 6. The summed E-state index contributed by atoms with van der Waals surface area (Å²) in [5, 5.41) is 0. The lowest BCUT2D eigenvalue weighted by atomic mass is 10.2. The lowest BCUT2D eigenvalue weighted by molar-refractivity contribution is 0.249.